The number of nitrogens with zero attached hydrogens (tertiary/aromatic N) is 5. The van der Waals surface area contributed by atoms with Crippen LogP contribution in [0.2, 0.25) is 0 Å². The molecule has 0 aliphatic rings. The normalized spacial score (nSPS) is 10.1. The van der Waals surface area contributed by atoms with Crippen molar-refractivity contribution in [1.82, 2.24) is 9.97 Å². The van der Waals surface area contributed by atoms with E-state index in [-0.39, 0.29) is 18.3 Å². The van der Waals surface area contributed by atoms with Gasteiger partial charge in [0.2, 0.25) is 0 Å². The van der Waals surface area contributed by atoms with E-state index >= 15 is 0 Å². The summed E-state index contributed by atoms with van der Waals surface area (Å²) >= 11 is 0. The van der Waals surface area contributed by atoms with Gasteiger partial charge in [-0.15, -0.1) is 0 Å². The van der Waals surface area contributed by atoms with Crippen LogP contribution in [0.4, 0.5) is 4.39 Å². The SMILES string of the molecule is COc1nc2cc(F)cc(CN=[N+]=[N-])c2nc1OC. The van der Waals surface area contributed by atoms with Crippen LogP contribution in [-0.2, 0) is 6.54 Å². The van der Waals surface area contributed by atoms with Gasteiger partial charge in [-0.2, -0.15) is 0 Å². The van der Waals surface area contributed by atoms with Gasteiger partial charge in [-0.05, 0) is 17.2 Å². The van der Waals surface area contributed by atoms with Gasteiger partial charge in [-0.1, -0.05) is 5.11 Å². The van der Waals surface area contributed by atoms with E-state index < -0.39 is 5.82 Å². The highest BCUT2D eigenvalue weighted by Crippen LogP contribution is 2.27. The van der Waals surface area contributed by atoms with Gasteiger partial charge in [-0.25, -0.2) is 14.4 Å². The largest absolute Gasteiger partial charge is 0.477 e. The molecule has 2 rings (SSSR count). The fraction of sp³-hybridized carbons (Fsp3) is 0.273. The number of aromatic nitrogens is 2. The van der Waals surface area contributed by atoms with Gasteiger partial charge in [0.15, 0.2) is 0 Å². The van der Waals surface area contributed by atoms with Gasteiger partial charge >= 0.3 is 0 Å². The first kappa shape index (κ1) is 12.8. The van der Waals surface area contributed by atoms with Gasteiger partial charge in [0.05, 0.1) is 31.8 Å². The number of hydrogen-bond acceptors (Lipinski definition) is 5. The maximum atomic E-state index is 13.5. The Morgan fingerprint density at radius 2 is 1.95 bits per heavy atom. The molecule has 98 valence electrons. The van der Waals surface area contributed by atoms with Crippen molar-refractivity contribution in [3.8, 4) is 11.8 Å². The van der Waals surface area contributed by atoms with Crippen LogP contribution in [0.25, 0.3) is 21.5 Å². The van der Waals surface area contributed by atoms with E-state index in [9.17, 15) is 4.39 Å². The lowest BCUT2D eigenvalue weighted by Crippen LogP contribution is -2.00. The van der Waals surface area contributed by atoms with Gasteiger partial charge in [0.1, 0.15) is 5.82 Å². The Morgan fingerprint density at radius 1 is 1.26 bits per heavy atom. The summed E-state index contributed by atoms with van der Waals surface area (Å²) in [4.78, 5) is 11.0. The van der Waals surface area contributed by atoms with Crippen LogP contribution in [0.3, 0.4) is 0 Å². The summed E-state index contributed by atoms with van der Waals surface area (Å²) in [6.07, 6.45) is 0. The topological polar surface area (TPSA) is 93.0 Å². The third-order valence-corrected chi connectivity index (χ3v) is 2.44. The lowest BCUT2D eigenvalue weighted by molar-refractivity contribution is 0.334. The standard InChI is InChI=1S/C11H10FN5O2/c1-18-10-11(19-2)16-9-6(5-14-17-13)3-7(12)4-8(9)15-10/h3-4H,5H2,1-2H3. The quantitative estimate of drug-likeness (QED) is 0.481. The molecule has 0 saturated heterocycles. The van der Waals surface area contributed by atoms with E-state index in [1.165, 1.54) is 26.4 Å². The number of methoxy groups -OCH3 is 2. The Morgan fingerprint density at radius 3 is 2.58 bits per heavy atom. The molecule has 1 heterocycles. The van der Waals surface area contributed by atoms with Crippen molar-refractivity contribution in [2.24, 2.45) is 5.11 Å². The predicted molar refractivity (Wildman–Crippen MR) is 65.5 cm³/mol. The van der Waals surface area contributed by atoms with Crippen LogP contribution in [0.15, 0.2) is 17.2 Å². The van der Waals surface area contributed by atoms with E-state index in [1.807, 2.05) is 0 Å². The third-order valence-electron chi connectivity index (χ3n) is 2.44. The summed E-state index contributed by atoms with van der Waals surface area (Å²) in [5.74, 6) is -0.142. The van der Waals surface area contributed by atoms with E-state index in [2.05, 4.69) is 20.0 Å². The van der Waals surface area contributed by atoms with Crippen molar-refractivity contribution in [3.05, 3.63) is 34.0 Å². The summed E-state index contributed by atoms with van der Waals surface area (Å²) in [5.41, 5.74) is 9.48. The molecule has 0 spiro atoms. The molecule has 7 nitrogen and oxygen atoms in total. The number of fused-ring (bicyclic) bond motifs is 1. The summed E-state index contributed by atoms with van der Waals surface area (Å²) < 4.78 is 23.5. The molecule has 0 radical (unpaired) electrons. The molecule has 0 N–H and O–H groups in total. The molecule has 8 heteroatoms. The molecule has 0 saturated carbocycles. The molecule has 19 heavy (non-hydrogen) atoms. The number of rotatable bonds is 4. The van der Waals surface area contributed by atoms with Crippen molar-refractivity contribution in [2.45, 2.75) is 6.54 Å². The number of benzene rings is 1. The second-order valence-electron chi connectivity index (χ2n) is 3.56. The van der Waals surface area contributed by atoms with Crippen molar-refractivity contribution in [2.75, 3.05) is 14.2 Å². The van der Waals surface area contributed by atoms with E-state index in [1.54, 1.807) is 0 Å². The van der Waals surface area contributed by atoms with Gasteiger partial charge in [-0.3, -0.25) is 0 Å². The zero-order valence-electron chi connectivity index (χ0n) is 10.3. The second-order valence-corrected chi connectivity index (χ2v) is 3.56. The lowest BCUT2D eigenvalue weighted by Gasteiger charge is -2.09. The summed E-state index contributed by atoms with van der Waals surface area (Å²) in [5, 5.41) is 3.41. The van der Waals surface area contributed by atoms with Gasteiger partial charge < -0.3 is 9.47 Å². The minimum absolute atomic E-state index is 0.0189. The first-order chi connectivity index (χ1) is 9.19. The molecule has 0 amide bonds. The van der Waals surface area contributed by atoms with E-state index in [0.717, 1.165) is 0 Å². The molecule has 0 atom stereocenters. The van der Waals surface area contributed by atoms with Crippen molar-refractivity contribution in [3.63, 3.8) is 0 Å². The molecular weight excluding hydrogens is 253 g/mol. The Labute approximate surface area is 107 Å². The fourth-order valence-corrected chi connectivity index (χ4v) is 1.66. The maximum absolute atomic E-state index is 13.5. The number of ether oxygens (including phenoxy) is 2. The highest BCUT2D eigenvalue weighted by Gasteiger charge is 2.13. The Hall–Kier alpha value is -2.60. The van der Waals surface area contributed by atoms with Crippen molar-refractivity contribution < 1.29 is 13.9 Å². The van der Waals surface area contributed by atoms with Gasteiger partial charge in [0, 0.05) is 11.0 Å². The molecule has 0 unspecified atom stereocenters. The molecule has 0 bridgehead atoms. The minimum atomic E-state index is -0.489. The first-order valence-electron chi connectivity index (χ1n) is 5.28. The number of azide groups is 1. The molecular formula is C11H10FN5O2. The molecule has 0 fully saturated rings. The molecule has 0 aliphatic carbocycles. The maximum Gasteiger partial charge on any atom is 0.278 e. The predicted octanol–water partition coefficient (Wildman–Crippen LogP) is 2.60. The minimum Gasteiger partial charge on any atom is -0.477 e. The average molecular weight is 263 g/mol. The van der Waals surface area contributed by atoms with Crippen LogP contribution in [-0.4, -0.2) is 24.2 Å². The molecule has 1 aromatic carbocycles. The van der Waals surface area contributed by atoms with Crippen molar-refractivity contribution in [1.29, 1.82) is 0 Å². The fourth-order valence-electron chi connectivity index (χ4n) is 1.66. The Bertz CT molecular complexity index is 670. The first-order valence-corrected chi connectivity index (χ1v) is 5.28. The van der Waals surface area contributed by atoms with Gasteiger partial charge in [0.25, 0.3) is 11.8 Å². The van der Waals surface area contributed by atoms with Crippen LogP contribution in [0, 0.1) is 5.82 Å². The monoisotopic (exact) mass is 263 g/mol. The van der Waals surface area contributed by atoms with Crippen LogP contribution < -0.4 is 9.47 Å². The van der Waals surface area contributed by atoms with Crippen LogP contribution in [0.1, 0.15) is 5.56 Å². The number of hydrogen-bond donors (Lipinski definition) is 0. The van der Waals surface area contributed by atoms with Crippen LogP contribution >= 0.6 is 0 Å². The molecule has 2 aromatic rings. The average Bonchev–Trinajstić information content (AvgIpc) is 2.43. The second kappa shape index (κ2) is 5.36. The summed E-state index contributed by atoms with van der Waals surface area (Å²) in [7, 11) is 2.84. The summed E-state index contributed by atoms with van der Waals surface area (Å²) in [6, 6.07) is 2.47. The Kier molecular flexibility index (Phi) is 3.63. The summed E-state index contributed by atoms with van der Waals surface area (Å²) in [6.45, 7) is -0.0189. The van der Waals surface area contributed by atoms with Crippen molar-refractivity contribution >= 4 is 11.0 Å². The zero-order valence-corrected chi connectivity index (χ0v) is 10.3. The third kappa shape index (κ3) is 2.48. The Balaban J connectivity index is 2.71. The molecule has 0 aliphatic heterocycles. The highest BCUT2D eigenvalue weighted by molar-refractivity contribution is 5.79. The highest BCUT2D eigenvalue weighted by atomic mass is 19.1. The van der Waals surface area contributed by atoms with Crippen LogP contribution in [0.5, 0.6) is 11.8 Å². The molecule has 1 aromatic heterocycles. The lowest BCUT2D eigenvalue weighted by atomic mass is 10.1. The van der Waals surface area contributed by atoms with E-state index in [0.29, 0.717) is 16.6 Å². The van der Waals surface area contributed by atoms with E-state index in [4.69, 9.17) is 15.0 Å². The smallest absolute Gasteiger partial charge is 0.278 e. The number of halogens is 1. The zero-order chi connectivity index (χ0) is 13.8.